The van der Waals surface area contributed by atoms with E-state index in [4.69, 9.17) is 0 Å². The smallest absolute Gasteiger partial charge is 0.428 e. The minimum absolute atomic E-state index is 0.0912. The molecule has 1 saturated carbocycles. The zero-order valence-corrected chi connectivity index (χ0v) is 14.5. The molecule has 1 heterocycles. The van der Waals surface area contributed by atoms with Crippen LogP contribution in [0.3, 0.4) is 0 Å². The highest BCUT2D eigenvalue weighted by Crippen LogP contribution is 2.44. The summed E-state index contributed by atoms with van der Waals surface area (Å²) in [6.07, 6.45) is 0.535. The number of aliphatic hydroxyl groups is 1. The lowest BCUT2D eigenvalue weighted by atomic mass is 9.70. The molecule has 1 aliphatic carbocycles. The van der Waals surface area contributed by atoms with Crippen LogP contribution in [0.15, 0.2) is 43.0 Å². The van der Waals surface area contributed by atoms with Gasteiger partial charge >= 0.3 is 12.5 Å². The monoisotopic (exact) mass is 384 g/mol. The van der Waals surface area contributed by atoms with E-state index < -0.39 is 23.9 Å². The molecule has 0 radical (unpaired) electrons. The lowest BCUT2D eigenvalue weighted by Crippen LogP contribution is -2.38. The summed E-state index contributed by atoms with van der Waals surface area (Å²) in [5.74, 6) is -0.495. The predicted molar refractivity (Wildman–Crippen MR) is 89.6 cm³/mol. The Bertz CT molecular complexity index is 737. The summed E-state index contributed by atoms with van der Waals surface area (Å²) in [4.78, 5) is 7.96. The minimum atomic E-state index is -4.57. The van der Waals surface area contributed by atoms with Crippen LogP contribution in [0.2, 0.25) is 0 Å². The number of rotatable bonds is 6. The molecule has 4 nitrogen and oxygen atoms in total. The lowest BCUT2D eigenvalue weighted by molar-refractivity contribution is -0.253. The molecular formula is C19H20F4N2O2. The van der Waals surface area contributed by atoms with Crippen molar-refractivity contribution < 1.29 is 27.4 Å². The van der Waals surface area contributed by atoms with Crippen molar-refractivity contribution in [1.82, 2.24) is 9.97 Å². The maximum Gasteiger partial charge on any atom is 0.461 e. The van der Waals surface area contributed by atoms with Gasteiger partial charge in [0.25, 0.3) is 0 Å². The fraction of sp³-hybridized carbons (Fsp3) is 0.474. The first kappa shape index (κ1) is 19.5. The van der Waals surface area contributed by atoms with E-state index in [-0.39, 0.29) is 5.92 Å². The first-order chi connectivity index (χ1) is 12.8. The molecule has 1 N–H and O–H groups in total. The van der Waals surface area contributed by atoms with Gasteiger partial charge in [-0.2, -0.15) is 17.6 Å². The van der Waals surface area contributed by atoms with Gasteiger partial charge in [0, 0.05) is 18.0 Å². The van der Waals surface area contributed by atoms with Crippen LogP contribution in [0.5, 0.6) is 5.75 Å². The summed E-state index contributed by atoms with van der Waals surface area (Å²) in [5.41, 5.74) is -0.439. The molecule has 146 valence electrons. The van der Waals surface area contributed by atoms with Crippen molar-refractivity contribution in [2.24, 2.45) is 5.92 Å². The molecule has 1 unspecified atom stereocenters. The molecule has 2 aromatic rings. The van der Waals surface area contributed by atoms with Crippen molar-refractivity contribution in [1.29, 1.82) is 0 Å². The fourth-order valence-corrected chi connectivity index (χ4v) is 3.63. The zero-order valence-electron chi connectivity index (χ0n) is 14.5. The van der Waals surface area contributed by atoms with E-state index in [9.17, 15) is 22.7 Å². The molecule has 1 aromatic carbocycles. The van der Waals surface area contributed by atoms with Crippen molar-refractivity contribution in [2.45, 2.75) is 50.2 Å². The zero-order chi connectivity index (χ0) is 19.5. The molecule has 1 atom stereocenters. The van der Waals surface area contributed by atoms with Gasteiger partial charge in [-0.25, -0.2) is 9.97 Å². The fourth-order valence-electron chi connectivity index (χ4n) is 3.63. The molecule has 3 rings (SSSR count). The number of alkyl halides is 4. The Labute approximate surface area is 154 Å². The summed E-state index contributed by atoms with van der Waals surface area (Å²) in [6.45, 7) is 0. The highest BCUT2D eigenvalue weighted by atomic mass is 19.3. The van der Waals surface area contributed by atoms with E-state index >= 15 is 0 Å². The maximum absolute atomic E-state index is 13.1. The van der Waals surface area contributed by atoms with Gasteiger partial charge in [-0.1, -0.05) is 31.4 Å². The van der Waals surface area contributed by atoms with Crippen molar-refractivity contribution in [2.75, 3.05) is 0 Å². The van der Waals surface area contributed by atoms with Crippen LogP contribution in [0.1, 0.15) is 43.2 Å². The molecule has 8 heteroatoms. The second-order valence-corrected chi connectivity index (χ2v) is 6.72. The first-order valence-corrected chi connectivity index (χ1v) is 8.77. The Balaban J connectivity index is 1.93. The molecule has 0 amide bonds. The van der Waals surface area contributed by atoms with Gasteiger partial charge in [-0.05, 0) is 36.5 Å². The number of nitrogens with zero attached hydrogens (tertiary/aromatic N) is 2. The van der Waals surface area contributed by atoms with E-state index in [0.29, 0.717) is 11.1 Å². The van der Waals surface area contributed by atoms with Gasteiger partial charge in [0.2, 0.25) is 0 Å². The van der Waals surface area contributed by atoms with Crippen LogP contribution < -0.4 is 4.74 Å². The SMILES string of the molecule is OC(c1ccc(OC(F)(F)C(F)F)cc1)(c1cncnc1)C1CCCCC1. The molecule has 1 fully saturated rings. The second-order valence-electron chi connectivity index (χ2n) is 6.72. The Morgan fingerprint density at radius 3 is 2.11 bits per heavy atom. The van der Waals surface area contributed by atoms with Crippen molar-refractivity contribution in [3.63, 3.8) is 0 Å². The third kappa shape index (κ3) is 4.05. The number of ether oxygens (including phenoxy) is 1. The molecule has 1 aliphatic rings. The van der Waals surface area contributed by atoms with E-state index in [0.717, 1.165) is 44.2 Å². The second kappa shape index (κ2) is 7.80. The van der Waals surface area contributed by atoms with Crippen molar-refractivity contribution in [3.05, 3.63) is 54.1 Å². The van der Waals surface area contributed by atoms with E-state index in [1.807, 2.05) is 0 Å². The summed E-state index contributed by atoms with van der Waals surface area (Å²) in [5, 5.41) is 11.6. The van der Waals surface area contributed by atoms with Crippen LogP contribution in [-0.4, -0.2) is 27.6 Å². The van der Waals surface area contributed by atoms with Gasteiger partial charge in [-0.15, -0.1) is 0 Å². The lowest BCUT2D eigenvalue weighted by Gasteiger charge is -2.39. The van der Waals surface area contributed by atoms with Gasteiger partial charge in [0.05, 0.1) is 0 Å². The van der Waals surface area contributed by atoms with Crippen LogP contribution in [0.4, 0.5) is 17.6 Å². The van der Waals surface area contributed by atoms with Crippen LogP contribution in [-0.2, 0) is 5.60 Å². The minimum Gasteiger partial charge on any atom is -0.428 e. The molecule has 0 bridgehead atoms. The predicted octanol–water partition coefficient (Wildman–Crippen LogP) is 4.53. The molecule has 27 heavy (non-hydrogen) atoms. The standard InChI is InChI=1S/C19H20F4N2O2/c20-17(21)19(22,23)27-16-8-6-14(7-9-16)18(26,13-4-2-1-3-5-13)15-10-24-12-25-11-15/h6-13,17,26H,1-5H2. The Morgan fingerprint density at radius 1 is 0.963 bits per heavy atom. The van der Waals surface area contributed by atoms with E-state index in [1.165, 1.54) is 30.9 Å². The molecular weight excluding hydrogens is 364 g/mol. The van der Waals surface area contributed by atoms with E-state index in [2.05, 4.69) is 14.7 Å². The number of aromatic nitrogens is 2. The summed E-state index contributed by atoms with van der Waals surface area (Å²) in [7, 11) is 0. The van der Waals surface area contributed by atoms with Crippen LogP contribution in [0.25, 0.3) is 0 Å². The molecule has 0 spiro atoms. The van der Waals surface area contributed by atoms with Gasteiger partial charge in [0.1, 0.15) is 17.7 Å². The molecule has 0 saturated heterocycles. The number of halogens is 4. The highest BCUT2D eigenvalue weighted by Gasteiger charge is 2.44. The number of benzene rings is 1. The molecule has 0 aliphatic heterocycles. The Morgan fingerprint density at radius 2 is 1.56 bits per heavy atom. The van der Waals surface area contributed by atoms with Gasteiger partial charge in [-0.3, -0.25) is 0 Å². The Kier molecular flexibility index (Phi) is 5.64. The molecule has 1 aromatic heterocycles. The third-order valence-corrected chi connectivity index (χ3v) is 5.00. The largest absolute Gasteiger partial charge is 0.461 e. The summed E-state index contributed by atoms with van der Waals surface area (Å²) >= 11 is 0. The average Bonchev–Trinajstić information content (AvgIpc) is 2.69. The number of hydrogen-bond acceptors (Lipinski definition) is 4. The average molecular weight is 384 g/mol. The van der Waals surface area contributed by atoms with E-state index in [1.54, 1.807) is 0 Å². The van der Waals surface area contributed by atoms with Crippen molar-refractivity contribution in [3.8, 4) is 5.75 Å². The normalized spacial score (nSPS) is 18.3. The Hall–Kier alpha value is -2.22. The topological polar surface area (TPSA) is 55.2 Å². The highest BCUT2D eigenvalue weighted by molar-refractivity contribution is 5.38. The van der Waals surface area contributed by atoms with Crippen LogP contribution >= 0.6 is 0 Å². The quantitative estimate of drug-likeness (QED) is 0.744. The summed E-state index contributed by atoms with van der Waals surface area (Å²) < 4.78 is 54.9. The third-order valence-electron chi connectivity index (χ3n) is 5.00. The van der Waals surface area contributed by atoms with Gasteiger partial charge in [0.15, 0.2) is 0 Å². The van der Waals surface area contributed by atoms with Crippen LogP contribution in [0, 0.1) is 5.92 Å². The maximum atomic E-state index is 13.1. The first-order valence-electron chi connectivity index (χ1n) is 8.77. The van der Waals surface area contributed by atoms with Gasteiger partial charge < -0.3 is 9.84 Å². The summed E-state index contributed by atoms with van der Waals surface area (Å²) in [6, 6.07) is 5.14. The van der Waals surface area contributed by atoms with Crippen molar-refractivity contribution >= 4 is 0 Å². The number of hydrogen-bond donors (Lipinski definition) is 1.